The minimum atomic E-state index is -0.262. The van der Waals surface area contributed by atoms with Gasteiger partial charge in [0.1, 0.15) is 11.6 Å². The van der Waals surface area contributed by atoms with E-state index in [0.717, 1.165) is 34.4 Å². The van der Waals surface area contributed by atoms with Crippen LogP contribution in [0.15, 0.2) is 73.1 Å². The first-order valence-corrected chi connectivity index (χ1v) is 10.5. The number of aromatic nitrogens is 3. The molecule has 1 atom stereocenters. The zero-order chi connectivity index (χ0) is 21.6. The fourth-order valence-electron chi connectivity index (χ4n) is 3.76. The molecule has 2 aromatic heterocycles. The topological polar surface area (TPSA) is 59.8 Å². The van der Waals surface area contributed by atoms with Crippen LogP contribution in [0, 0.1) is 5.82 Å². The van der Waals surface area contributed by atoms with Gasteiger partial charge >= 0.3 is 0 Å². The normalized spacial score (nSPS) is 12.1. The Morgan fingerprint density at radius 2 is 1.87 bits per heavy atom. The Morgan fingerprint density at radius 1 is 1.10 bits per heavy atom. The summed E-state index contributed by atoms with van der Waals surface area (Å²) in [4.78, 5) is 21.6. The monoisotopic (exact) mass is 416 g/mol. The van der Waals surface area contributed by atoms with Crippen LogP contribution < -0.4 is 5.32 Å². The molecule has 0 saturated heterocycles. The number of nitrogens with one attached hydrogen (secondary N) is 1. The predicted octanol–water partition coefficient (Wildman–Crippen LogP) is 4.82. The van der Waals surface area contributed by atoms with Crippen LogP contribution in [0.25, 0.3) is 11.0 Å². The second-order valence-electron chi connectivity index (χ2n) is 7.54. The first-order chi connectivity index (χ1) is 15.1. The highest BCUT2D eigenvalue weighted by molar-refractivity contribution is 5.77. The van der Waals surface area contributed by atoms with Gasteiger partial charge in [0.2, 0.25) is 5.91 Å². The summed E-state index contributed by atoms with van der Waals surface area (Å²) >= 11 is 0. The highest BCUT2D eigenvalue weighted by atomic mass is 19.1. The standard InChI is InChI=1S/C25H25FN4O/c1-2-21(19-6-4-3-5-7-19)29-25(31)13-12-24-28-22-14-15-27-16-23(22)30(24)17-18-8-10-20(26)11-9-18/h3-11,14-16,21H,2,12-13,17H2,1H3,(H,29,31)/t21-/m0/s1. The molecule has 2 aromatic carbocycles. The maximum atomic E-state index is 13.3. The van der Waals surface area contributed by atoms with Gasteiger partial charge in [-0.3, -0.25) is 9.78 Å². The molecule has 0 aliphatic carbocycles. The Labute approximate surface area is 181 Å². The van der Waals surface area contributed by atoms with Gasteiger partial charge in [-0.1, -0.05) is 49.4 Å². The maximum absolute atomic E-state index is 13.3. The summed E-state index contributed by atoms with van der Waals surface area (Å²) in [5.74, 6) is 0.547. The Bertz CT molecular complexity index is 1160. The van der Waals surface area contributed by atoms with E-state index >= 15 is 0 Å². The number of halogens is 1. The number of aryl methyl sites for hydroxylation is 1. The van der Waals surface area contributed by atoms with E-state index in [4.69, 9.17) is 4.98 Å². The number of hydrogen-bond donors (Lipinski definition) is 1. The van der Waals surface area contributed by atoms with Crippen LogP contribution in [0.2, 0.25) is 0 Å². The van der Waals surface area contributed by atoms with Crippen LogP contribution in [0.5, 0.6) is 0 Å². The van der Waals surface area contributed by atoms with Crippen LogP contribution in [-0.2, 0) is 17.8 Å². The maximum Gasteiger partial charge on any atom is 0.220 e. The van der Waals surface area contributed by atoms with E-state index in [1.165, 1.54) is 12.1 Å². The third-order valence-electron chi connectivity index (χ3n) is 5.40. The van der Waals surface area contributed by atoms with E-state index in [9.17, 15) is 9.18 Å². The number of pyridine rings is 1. The Morgan fingerprint density at radius 3 is 2.61 bits per heavy atom. The molecule has 158 valence electrons. The first-order valence-electron chi connectivity index (χ1n) is 10.5. The summed E-state index contributed by atoms with van der Waals surface area (Å²) in [6.07, 6.45) is 5.15. The first kappa shape index (κ1) is 20.7. The van der Waals surface area contributed by atoms with Crippen molar-refractivity contribution in [3.8, 4) is 0 Å². The molecule has 0 aliphatic rings. The van der Waals surface area contributed by atoms with Crippen LogP contribution in [0.1, 0.15) is 42.8 Å². The summed E-state index contributed by atoms with van der Waals surface area (Å²) in [5.41, 5.74) is 3.81. The summed E-state index contributed by atoms with van der Waals surface area (Å²) in [6.45, 7) is 2.61. The van der Waals surface area contributed by atoms with Gasteiger partial charge in [-0.2, -0.15) is 0 Å². The number of benzene rings is 2. The van der Waals surface area contributed by atoms with Crippen molar-refractivity contribution in [2.45, 2.75) is 38.8 Å². The number of rotatable bonds is 8. The lowest BCUT2D eigenvalue weighted by molar-refractivity contribution is -0.121. The van der Waals surface area contributed by atoms with Gasteiger partial charge in [-0.15, -0.1) is 0 Å². The molecule has 0 aliphatic heterocycles. The van der Waals surface area contributed by atoms with Crippen molar-refractivity contribution in [3.63, 3.8) is 0 Å². The number of carbonyl (C=O) groups excluding carboxylic acids is 1. The number of fused-ring (bicyclic) bond motifs is 1. The number of carbonyl (C=O) groups is 1. The summed E-state index contributed by atoms with van der Waals surface area (Å²) in [6, 6.07) is 18.3. The SMILES string of the molecule is CC[C@H](NC(=O)CCc1nc2ccncc2n1Cc1ccc(F)cc1)c1ccccc1. The molecule has 0 saturated carbocycles. The number of imidazole rings is 1. The van der Waals surface area contributed by atoms with Crippen molar-refractivity contribution in [2.24, 2.45) is 0 Å². The molecule has 4 rings (SSSR count). The zero-order valence-electron chi connectivity index (χ0n) is 17.5. The highest BCUT2D eigenvalue weighted by Gasteiger charge is 2.16. The molecule has 0 unspecified atom stereocenters. The van der Waals surface area contributed by atoms with E-state index < -0.39 is 0 Å². The van der Waals surface area contributed by atoms with Gasteiger partial charge in [-0.05, 0) is 35.7 Å². The van der Waals surface area contributed by atoms with E-state index in [2.05, 4.69) is 21.8 Å². The largest absolute Gasteiger partial charge is 0.349 e. The fraction of sp³-hybridized carbons (Fsp3) is 0.240. The number of nitrogens with zero attached hydrogens (tertiary/aromatic N) is 3. The molecule has 5 nitrogen and oxygen atoms in total. The Kier molecular flexibility index (Phi) is 6.36. The van der Waals surface area contributed by atoms with Crippen molar-refractivity contribution >= 4 is 16.9 Å². The molecule has 1 N–H and O–H groups in total. The molecule has 4 aromatic rings. The molecular formula is C25H25FN4O. The number of amides is 1. The van der Waals surface area contributed by atoms with Crippen molar-refractivity contribution in [2.75, 3.05) is 0 Å². The van der Waals surface area contributed by atoms with Gasteiger partial charge in [-0.25, -0.2) is 9.37 Å². The lowest BCUT2D eigenvalue weighted by atomic mass is 10.0. The summed E-state index contributed by atoms with van der Waals surface area (Å²) in [5, 5.41) is 3.13. The van der Waals surface area contributed by atoms with E-state index in [-0.39, 0.29) is 17.8 Å². The lowest BCUT2D eigenvalue weighted by Crippen LogP contribution is -2.28. The van der Waals surface area contributed by atoms with Gasteiger partial charge in [0.05, 0.1) is 23.3 Å². The minimum Gasteiger partial charge on any atom is -0.349 e. The molecule has 31 heavy (non-hydrogen) atoms. The fourth-order valence-corrected chi connectivity index (χ4v) is 3.76. The molecule has 1 amide bonds. The van der Waals surface area contributed by atoms with E-state index in [1.807, 2.05) is 36.4 Å². The second kappa shape index (κ2) is 9.51. The molecule has 0 radical (unpaired) electrons. The van der Waals surface area contributed by atoms with Gasteiger partial charge in [0, 0.05) is 25.6 Å². The molecule has 0 fully saturated rings. The van der Waals surface area contributed by atoms with Crippen molar-refractivity contribution in [3.05, 3.63) is 95.8 Å². The Balaban J connectivity index is 1.50. The van der Waals surface area contributed by atoms with Crippen molar-refractivity contribution in [1.82, 2.24) is 19.9 Å². The number of hydrogen-bond acceptors (Lipinski definition) is 3. The van der Waals surface area contributed by atoms with Gasteiger partial charge in [0.25, 0.3) is 0 Å². The molecule has 0 spiro atoms. The van der Waals surface area contributed by atoms with Crippen LogP contribution in [0.4, 0.5) is 4.39 Å². The molecular weight excluding hydrogens is 391 g/mol. The average molecular weight is 417 g/mol. The third kappa shape index (κ3) is 4.97. The van der Waals surface area contributed by atoms with Crippen LogP contribution >= 0.6 is 0 Å². The highest BCUT2D eigenvalue weighted by Crippen LogP contribution is 2.20. The van der Waals surface area contributed by atoms with Crippen LogP contribution in [0.3, 0.4) is 0 Å². The zero-order valence-corrected chi connectivity index (χ0v) is 17.5. The summed E-state index contributed by atoms with van der Waals surface area (Å²) in [7, 11) is 0. The third-order valence-corrected chi connectivity index (χ3v) is 5.40. The van der Waals surface area contributed by atoms with Gasteiger partial charge in [0.15, 0.2) is 0 Å². The van der Waals surface area contributed by atoms with E-state index in [0.29, 0.717) is 19.4 Å². The lowest BCUT2D eigenvalue weighted by Gasteiger charge is -2.17. The van der Waals surface area contributed by atoms with Crippen LogP contribution in [-0.4, -0.2) is 20.4 Å². The Hall–Kier alpha value is -3.54. The second-order valence-corrected chi connectivity index (χ2v) is 7.54. The van der Waals surface area contributed by atoms with Crippen molar-refractivity contribution < 1.29 is 9.18 Å². The minimum absolute atomic E-state index is 0.00377. The average Bonchev–Trinajstić information content (AvgIpc) is 3.15. The molecule has 0 bridgehead atoms. The molecule has 6 heteroatoms. The smallest absolute Gasteiger partial charge is 0.220 e. The quantitative estimate of drug-likeness (QED) is 0.448. The molecule has 2 heterocycles. The van der Waals surface area contributed by atoms with Crippen molar-refractivity contribution in [1.29, 1.82) is 0 Å². The van der Waals surface area contributed by atoms with Gasteiger partial charge < -0.3 is 9.88 Å². The summed E-state index contributed by atoms with van der Waals surface area (Å²) < 4.78 is 15.3. The predicted molar refractivity (Wildman–Crippen MR) is 119 cm³/mol. The van der Waals surface area contributed by atoms with E-state index in [1.54, 1.807) is 24.5 Å².